The van der Waals surface area contributed by atoms with E-state index in [-0.39, 0.29) is 150 Å². The first-order valence-electron chi connectivity index (χ1n) is 36.3. The van der Waals surface area contributed by atoms with E-state index >= 15 is 19.2 Å². The van der Waals surface area contributed by atoms with E-state index in [9.17, 15) is 0 Å². The van der Waals surface area contributed by atoms with Crippen LogP contribution in [0.4, 0.5) is 0 Å². The van der Waals surface area contributed by atoms with Crippen molar-refractivity contribution in [2.75, 3.05) is 0 Å². The quantitative estimate of drug-likeness (QED) is 0.0476. The topological polar surface area (TPSA) is 118 Å². The highest BCUT2D eigenvalue weighted by atomic mass is 16.5. The van der Waals surface area contributed by atoms with Crippen LogP contribution in [0.1, 0.15) is 200 Å². The zero-order valence-electron chi connectivity index (χ0n) is 62.3. The molecule has 12 nitrogen and oxygen atoms in total. The van der Waals surface area contributed by atoms with Gasteiger partial charge in [0.25, 0.3) is 0 Å². The van der Waals surface area contributed by atoms with E-state index in [0.29, 0.717) is 23.0 Å². The molecule has 0 fully saturated rings. The average Bonchev–Trinajstić information content (AvgIpc) is 0.769. The molecule has 0 spiro atoms. The third-order valence-electron chi connectivity index (χ3n) is 19.1. The molecule has 0 unspecified atom stereocenters. The Bertz CT molecular complexity index is 3400. The van der Waals surface area contributed by atoms with Gasteiger partial charge in [-0.25, -0.2) is 0 Å². The Balaban J connectivity index is 1.44. The summed E-state index contributed by atoms with van der Waals surface area (Å²) in [5.41, 5.74) is 14.1. The van der Waals surface area contributed by atoms with Crippen molar-refractivity contribution in [2.24, 2.45) is 0 Å². The van der Waals surface area contributed by atoms with Crippen LogP contribution in [0.25, 0.3) is 0 Å². The first kappa shape index (κ1) is 75.1. The summed E-state index contributed by atoms with van der Waals surface area (Å²) in [4.78, 5) is 70.3. The van der Waals surface area contributed by atoms with Gasteiger partial charge in [-0.15, -0.1) is 0 Å². The van der Waals surface area contributed by atoms with Gasteiger partial charge in [-0.1, -0.05) is 121 Å². The van der Waals surface area contributed by atoms with Crippen LogP contribution in [0, 0.1) is 0 Å². The number of benzene rings is 8. The van der Waals surface area contributed by atoms with Crippen molar-refractivity contribution in [1.82, 2.24) is 19.6 Å². The van der Waals surface area contributed by atoms with Crippen molar-refractivity contribution < 1.29 is 38.1 Å². The number of rotatable bonds is 28. The van der Waals surface area contributed by atoms with Crippen LogP contribution < -0.4 is 18.9 Å². The summed E-state index contributed by atoms with van der Waals surface area (Å²) in [5, 5.41) is 0. The van der Waals surface area contributed by atoms with Gasteiger partial charge < -0.3 is 38.5 Å². The second-order valence-electron chi connectivity index (χ2n) is 29.3. The third-order valence-corrected chi connectivity index (χ3v) is 19.1. The largest absolute Gasteiger partial charge is 0.489 e. The molecule has 1 aliphatic carbocycles. The highest BCUT2D eigenvalue weighted by Crippen LogP contribution is 2.39. The Hall–Kier alpha value is -9.16. The summed E-state index contributed by atoms with van der Waals surface area (Å²) in [6.45, 7) is 34.2. The molecule has 8 aromatic rings. The van der Waals surface area contributed by atoms with Gasteiger partial charge in [-0.05, 0) is 274 Å². The Morgan fingerprint density at radius 2 is 0.410 bits per heavy atom. The molecule has 0 heterocycles. The van der Waals surface area contributed by atoms with Gasteiger partial charge in [0.15, 0.2) is 0 Å². The molecule has 8 bridgehead atoms. The number of hydrogen-bond acceptors (Lipinski definition) is 8. The molecule has 9 rings (SSSR count). The van der Waals surface area contributed by atoms with Gasteiger partial charge in [0.05, 0.1) is 25.7 Å². The van der Waals surface area contributed by atoms with Crippen LogP contribution in [-0.4, -0.2) is 91.6 Å². The van der Waals surface area contributed by atoms with Gasteiger partial charge in [-0.2, -0.15) is 0 Å². The number of carbonyl (C=O) groups excluding carboxylic acids is 4. The molecular weight excluding hydrogens is 1240 g/mol. The second kappa shape index (κ2) is 34.8. The summed E-state index contributed by atoms with van der Waals surface area (Å²) in [7, 11) is 0. The molecule has 528 valence electrons. The van der Waals surface area contributed by atoms with Gasteiger partial charge >= 0.3 is 0 Å². The Morgan fingerprint density at radius 1 is 0.260 bits per heavy atom. The third kappa shape index (κ3) is 19.6. The molecule has 8 aromatic carbocycles. The van der Waals surface area contributed by atoms with Crippen LogP contribution in [0.5, 0.6) is 23.0 Å². The van der Waals surface area contributed by atoms with E-state index < -0.39 is 0 Å². The summed E-state index contributed by atoms with van der Waals surface area (Å²) >= 11 is 0. The fourth-order valence-corrected chi connectivity index (χ4v) is 15.0. The molecule has 100 heavy (non-hydrogen) atoms. The van der Waals surface area contributed by atoms with E-state index in [1.807, 2.05) is 92.4 Å². The standard InChI is InChI=1S/C88H108N4O8/c1-57(2)89(58(3)4)85(93)49-81-69-37-71-43-78(98-54-66-31-23-18-24-32-66)45-73(82(71)50-86(94)90(59(5)6)60(7)8)39-75-47-80(100-56-68-35-27-20-28-36-68)48-76(84(75)52-88(96)92(63(13)14)64(15)16)40-74-46-79(99-55-67-33-25-19-26-34-67)44-72(83(74)51-87(95)91(61(9)10)62(11)12)38-70(81)42-77(41-69)97-53-65-29-21-17-22-30-65/h17-36,41-48,57-64H,37-40,49-56H2,1-16H3. The van der Waals surface area contributed by atoms with E-state index in [1.54, 1.807) is 0 Å². The predicted octanol–water partition coefficient (Wildman–Crippen LogP) is 17.4. The van der Waals surface area contributed by atoms with Crippen LogP contribution >= 0.6 is 0 Å². The lowest BCUT2D eigenvalue weighted by Gasteiger charge is -2.33. The number of ether oxygens (including phenoxy) is 4. The maximum Gasteiger partial charge on any atom is 0.227 e. The van der Waals surface area contributed by atoms with Crippen LogP contribution in [-0.2, 0) is 97.0 Å². The number of amides is 4. The normalized spacial score (nSPS) is 12.2. The summed E-state index contributed by atoms with van der Waals surface area (Å²) in [6, 6.07) is 56.4. The predicted molar refractivity (Wildman–Crippen MR) is 403 cm³/mol. The Kier molecular flexibility index (Phi) is 26.1. The molecule has 0 N–H and O–H groups in total. The minimum Gasteiger partial charge on any atom is -0.489 e. The minimum absolute atomic E-state index is 0.0275. The van der Waals surface area contributed by atoms with Gasteiger partial charge in [0.2, 0.25) is 23.6 Å². The van der Waals surface area contributed by atoms with Crippen LogP contribution in [0.3, 0.4) is 0 Å². The molecule has 0 saturated heterocycles. The summed E-state index contributed by atoms with van der Waals surface area (Å²) < 4.78 is 28.0. The molecule has 12 heteroatoms. The highest BCUT2D eigenvalue weighted by molar-refractivity contribution is 5.84. The summed E-state index contributed by atoms with van der Waals surface area (Å²) in [6.07, 6.45) is 1.29. The first-order chi connectivity index (χ1) is 47.8. The zero-order valence-corrected chi connectivity index (χ0v) is 62.3. The number of hydrogen-bond donors (Lipinski definition) is 0. The smallest absolute Gasteiger partial charge is 0.227 e. The summed E-state index contributed by atoms with van der Waals surface area (Å²) in [5.74, 6) is 2.33. The fraction of sp³-hybridized carbons (Fsp3) is 0.409. The molecule has 0 atom stereocenters. The Labute approximate surface area is 597 Å². The van der Waals surface area contributed by atoms with Gasteiger partial charge in [0, 0.05) is 48.3 Å². The maximum atomic E-state index is 15.6. The maximum absolute atomic E-state index is 15.6. The molecular formula is C88H108N4O8. The zero-order chi connectivity index (χ0) is 71.9. The number of fused-ring (bicyclic) bond motifs is 8. The van der Waals surface area contributed by atoms with Crippen LogP contribution in [0.15, 0.2) is 170 Å². The van der Waals surface area contributed by atoms with E-state index in [0.717, 1.165) is 89.0 Å². The number of nitrogens with zero attached hydrogens (tertiary/aromatic N) is 4. The average molecular weight is 1350 g/mol. The molecule has 4 amide bonds. The molecule has 0 saturated carbocycles. The van der Waals surface area contributed by atoms with Crippen molar-refractivity contribution in [3.8, 4) is 23.0 Å². The minimum atomic E-state index is -0.106. The van der Waals surface area contributed by atoms with Crippen molar-refractivity contribution in [3.63, 3.8) is 0 Å². The van der Waals surface area contributed by atoms with Crippen molar-refractivity contribution in [1.29, 1.82) is 0 Å². The number of carbonyl (C=O) groups is 4. The fourth-order valence-electron chi connectivity index (χ4n) is 15.0. The van der Waals surface area contributed by atoms with Crippen molar-refractivity contribution in [3.05, 3.63) is 259 Å². The van der Waals surface area contributed by atoms with Crippen LogP contribution in [0.2, 0.25) is 0 Å². The van der Waals surface area contributed by atoms with Gasteiger partial charge in [-0.3, -0.25) is 19.2 Å². The van der Waals surface area contributed by atoms with E-state index in [4.69, 9.17) is 18.9 Å². The Morgan fingerprint density at radius 3 is 0.550 bits per heavy atom. The van der Waals surface area contributed by atoms with E-state index in [2.05, 4.69) is 208 Å². The second-order valence-corrected chi connectivity index (χ2v) is 29.3. The highest BCUT2D eigenvalue weighted by Gasteiger charge is 2.32. The molecule has 1 aliphatic rings. The molecule has 0 radical (unpaired) electrons. The lowest BCUT2D eigenvalue weighted by molar-refractivity contribution is -0.134. The molecule has 0 aromatic heterocycles. The lowest BCUT2D eigenvalue weighted by atomic mass is 9.82. The lowest BCUT2D eigenvalue weighted by Crippen LogP contribution is -2.43. The first-order valence-corrected chi connectivity index (χ1v) is 36.3. The SMILES string of the molecule is CC(C)N(C(=O)Cc1c2cc(OCc3ccccc3)cc1Cc1cc(OCc3ccccc3)cc(c1CC(=O)N(C(C)C)C(C)C)Cc1cc(OCc3ccccc3)cc(c1CC(=O)N(C(C)C)C(C)C)Cc1cc(OCc3ccccc3)cc(c1CC(=O)N(C(C)C)C(C)C)C2)C(C)C. The van der Waals surface area contributed by atoms with Crippen molar-refractivity contribution in [2.45, 2.75) is 237 Å². The van der Waals surface area contributed by atoms with E-state index in [1.165, 1.54) is 0 Å². The molecule has 0 aliphatic heterocycles. The van der Waals surface area contributed by atoms with Crippen molar-refractivity contribution >= 4 is 23.6 Å². The van der Waals surface area contributed by atoms with Gasteiger partial charge in [0.1, 0.15) is 49.4 Å². The monoisotopic (exact) mass is 1350 g/mol.